The molecule has 0 atom stereocenters. The van der Waals surface area contributed by atoms with Crippen molar-refractivity contribution >= 4 is 229 Å². The first-order valence-corrected chi connectivity index (χ1v) is 38.3. The number of hydrogen-bond acceptors (Lipinski definition) is 18. The average Bonchev–Trinajstić information content (AvgIpc) is 1.67. The molecule has 0 bridgehead atoms. The number of methoxy groups -OCH3 is 2. The van der Waals surface area contributed by atoms with Gasteiger partial charge >= 0.3 is 3.18 Å². The summed E-state index contributed by atoms with van der Waals surface area (Å²) >= 11 is 37.7. The molecule has 3 aliphatic heterocycles. The Balaban J connectivity index is 0.000000146. The lowest BCUT2D eigenvalue weighted by molar-refractivity contribution is -0.127. The van der Waals surface area contributed by atoms with E-state index in [1.165, 1.54) is 59.2 Å². The summed E-state index contributed by atoms with van der Waals surface area (Å²) in [6, 6.07) is 15.6. The number of fused-ring (bicyclic) bond motifs is 6. The molecule has 6 aromatic carbocycles. The summed E-state index contributed by atoms with van der Waals surface area (Å²) in [6.07, 6.45) is 12.7. The number of piperazine rings is 2. The number of allylic oxidation sites excluding steroid dienone is 1. The minimum Gasteiger partial charge on any atom is -0.508 e. The number of anilines is 3. The molecule has 34 heteroatoms. The summed E-state index contributed by atoms with van der Waals surface area (Å²) in [4.78, 5) is 43.2. The molecule has 15 rings (SSSR count). The van der Waals surface area contributed by atoms with Crippen molar-refractivity contribution in [1.82, 2.24) is 52.3 Å². The molecule has 6 aromatic heterocycles. The topological polar surface area (TPSA) is 198 Å². The smallest absolute Gasteiger partial charge is 0.369 e. The summed E-state index contributed by atoms with van der Waals surface area (Å²) < 4.78 is 76.7. The maximum Gasteiger partial charge on any atom is 0.369 e. The molecule has 103 heavy (non-hydrogen) atoms. The monoisotopic (exact) mass is 1720 g/mol. The third-order valence-electron chi connectivity index (χ3n) is 17.2. The molecule has 0 radical (unpaired) electrons. The van der Waals surface area contributed by atoms with Crippen LogP contribution in [0.5, 0.6) is 17.2 Å². The van der Waals surface area contributed by atoms with Gasteiger partial charge in [0, 0.05) is 171 Å². The van der Waals surface area contributed by atoms with Gasteiger partial charge in [-0.2, -0.15) is 28.4 Å². The predicted octanol–water partition coefficient (Wildman–Crippen LogP) is 17.4. The van der Waals surface area contributed by atoms with Crippen LogP contribution in [0.15, 0.2) is 111 Å². The van der Waals surface area contributed by atoms with E-state index in [0.29, 0.717) is 129 Å². The number of halogens is 10. The highest BCUT2D eigenvalue weighted by atomic mass is 79.9. The Morgan fingerprint density at radius 1 is 0.495 bits per heavy atom. The van der Waals surface area contributed by atoms with E-state index in [4.69, 9.17) is 55.9 Å². The van der Waals surface area contributed by atoms with Crippen LogP contribution in [0.3, 0.4) is 0 Å². The third-order valence-corrected chi connectivity index (χ3v) is 21.1. The van der Waals surface area contributed by atoms with Crippen LogP contribution in [0.4, 0.5) is 28.2 Å². The van der Waals surface area contributed by atoms with Gasteiger partial charge in [0.1, 0.15) is 65.4 Å². The first-order valence-electron chi connectivity index (χ1n) is 31.7. The number of rotatable bonds is 11. The minimum absolute atomic E-state index is 0.00183. The molecule has 20 nitrogen and oxygen atoms in total. The lowest BCUT2D eigenvalue weighted by atomic mass is 10.00. The van der Waals surface area contributed by atoms with Gasteiger partial charge in [-0.05, 0) is 138 Å². The Kier molecular flexibility index (Phi) is 24.8. The van der Waals surface area contributed by atoms with E-state index < -0.39 is 22.7 Å². The number of nitrogens with zero attached hydrogens (tertiary/aromatic N) is 14. The highest BCUT2D eigenvalue weighted by molar-refractivity contribution is 9.69. The highest BCUT2D eigenvalue weighted by Crippen LogP contribution is 2.48. The van der Waals surface area contributed by atoms with Crippen molar-refractivity contribution in [1.29, 1.82) is 0 Å². The number of phenolic OH excluding ortho intramolecular Hbond substituents is 1. The molecule has 9 heterocycles. The standard InChI is InChI=1S/C23H21ClFN5O2S.C22H19ClFN5O2S.C21H20ClFN4OS.C3H3ClO.BBr3/c1-4-18(31)29-5-7-30(8-6-29)23-16-11-17(24)19(20(25)22(16)27-33-23)15-10-14(32-3)9-13-12-28(2)26-21(13)15;1-3-17(31)28-4-6-29(7-5-28)22-15-10-16(23)18(19(24)21(15)26-32-22)14-9-13(30)8-12-11-27(2)25-20(12)14;1-26-11-12-8-13(28-2)9-14(19(12)24-26)17-16(22)10-15-20(18(17)23)25-29-21(15)27-6-4-3-5-7-27;1-2-3(4)5;2-1(3)4/h4,9-12H,1,5-8H2,2-3H3;3,8-11,30H,1,4-7H2,2H3;8-11H,3-7H2,1-2H3;2H,1H2;. The zero-order chi connectivity index (χ0) is 73.8. The first-order chi connectivity index (χ1) is 49.3. The van der Waals surface area contributed by atoms with Crippen LogP contribution in [0, 0.1) is 17.5 Å². The summed E-state index contributed by atoms with van der Waals surface area (Å²) in [7, 11) is 8.57. The van der Waals surface area contributed by atoms with Crippen LogP contribution in [-0.2, 0) is 35.5 Å². The van der Waals surface area contributed by atoms with Crippen molar-refractivity contribution in [2.45, 2.75) is 19.3 Å². The lowest BCUT2D eigenvalue weighted by Gasteiger charge is -2.34. The number of amides is 2. The number of phenols is 1. The van der Waals surface area contributed by atoms with Gasteiger partial charge in [0.25, 0.3) is 0 Å². The van der Waals surface area contributed by atoms with Crippen LogP contribution in [0.1, 0.15) is 19.3 Å². The van der Waals surface area contributed by atoms with E-state index in [2.05, 4.69) is 110 Å². The fourth-order valence-electron chi connectivity index (χ4n) is 12.5. The molecule has 1 N–H and O–H groups in total. The fourth-order valence-corrected chi connectivity index (χ4v) is 16.1. The molecule has 0 saturated carbocycles. The average molecular weight is 1730 g/mol. The van der Waals surface area contributed by atoms with E-state index in [-0.39, 0.29) is 53.0 Å². The highest BCUT2D eigenvalue weighted by Gasteiger charge is 2.31. The van der Waals surface area contributed by atoms with Gasteiger partial charge in [0.15, 0.2) is 17.5 Å². The number of piperidine rings is 1. The molecule has 2 amide bonds. The second kappa shape index (κ2) is 33.3. The number of aryl methyl sites for hydroxylation is 3. The molecule has 0 spiro atoms. The molecule has 536 valence electrons. The molecule has 3 fully saturated rings. The Morgan fingerprint density at radius 2 is 0.806 bits per heavy atom. The quantitative estimate of drug-likeness (QED) is 0.0728. The molecular weight excluding hydrogens is 1670 g/mol. The summed E-state index contributed by atoms with van der Waals surface area (Å²) in [5, 5.41) is 31.1. The van der Waals surface area contributed by atoms with Gasteiger partial charge in [0.2, 0.25) is 17.1 Å². The van der Waals surface area contributed by atoms with E-state index in [9.17, 15) is 19.5 Å². The lowest BCUT2D eigenvalue weighted by Crippen LogP contribution is -2.48. The van der Waals surface area contributed by atoms with Gasteiger partial charge in [-0.3, -0.25) is 28.4 Å². The zero-order valence-electron chi connectivity index (χ0n) is 55.8. The van der Waals surface area contributed by atoms with Crippen molar-refractivity contribution in [3.63, 3.8) is 0 Å². The van der Waals surface area contributed by atoms with E-state index in [1.807, 2.05) is 44.7 Å². The van der Waals surface area contributed by atoms with E-state index in [1.54, 1.807) is 81.6 Å². The number of aromatic hydroxyl groups is 1. The van der Waals surface area contributed by atoms with Crippen molar-refractivity contribution in [3.05, 3.63) is 144 Å². The second-order valence-corrected chi connectivity index (χ2v) is 34.0. The van der Waals surface area contributed by atoms with Gasteiger partial charge in [0.05, 0.1) is 29.3 Å². The normalized spacial score (nSPS) is 13.8. The number of aromatic nitrogens is 9. The van der Waals surface area contributed by atoms with Gasteiger partial charge < -0.3 is 39.1 Å². The summed E-state index contributed by atoms with van der Waals surface area (Å²) in [6.45, 7) is 16.8. The molecular formula is C69H63BBr3Cl4F3N14O6S3. The van der Waals surface area contributed by atoms with Crippen LogP contribution in [-0.4, -0.2) is 157 Å². The Hall–Kier alpha value is -7.52. The van der Waals surface area contributed by atoms with Crippen LogP contribution < -0.4 is 24.2 Å². The third kappa shape index (κ3) is 16.5. The fraction of sp³-hybridized carbons (Fsp3) is 0.261. The number of ether oxygens (including phenoxy) is 2. The first kappa shape index (κ1) is 76.6. The van der Waals surface area contributed by atoms with E-state index >= 15 is 13.2 Å². The number of benzene rings is 6. The van der Waals surface area contributed by atoms with Crippen molar-refractivity contribution in [2.24, 2.45) is 21.1 Å². The summed E-state index contributed by atoms with van der Waals surface area (Å²) in [5.74, 6) is -0.399. The van der Waals surface area contributed by atoms with Crippen LogP contribution in [0.25, 0.3) is 98.8 Å². The molecule has 3 saturated heterocycles. The van der Waals surface area contributed by atoms with Gasteiger partial charge in [-0.25, -0.2) is 13.2 Å². The molecule has 0 aliphatic carbocycles. The Morgan fingerprint density at radius 3 is 1.12 bits per heavy atom. The minimum atomic E-state index is -0.548. The zero-order valence-corrected chi connectivity index (χ0v) is 66.0. The van der Waals surface area contributed by atoms with Crippen molar-refractivity contribution < 1.29 is 42.1 Å². The summed E-state index contributed by atoms with van der Waals surface area (Å²) in [5.41, 5.74) is 5.03. The maximum atomic E-state index is 15.9. The predicted molar refractivity (Wildman–Crippen MR) is 425 cm³/mol. The van der Waals surface area contributed by atoms with Crippen molar-refractivity contribution in [3.8, 4) is 50.6 Å². The largest absolute Gasteiger partial charge is 0.508 e. The SMILES string of the molecule is BrB(Br)Br.C=CC(=O)Cl.C=CC(=O)N1CCN(c2snc3c(F)c(-c4cc(O)cc5cn(C)nc45)c(Cl)cc23)CC1.C=CC(=O)N1CCN(c2snc3c(F)c(-c4cc(OC)cc5cn(C)nc45)c(Cl)cc23)CC1.COc1cc(-c2c(Cl)cc3c(N4CCCCC4)snc3c2F)c2nn(C)cc2c1. The molecule has 0 unspecified atom stereocenters. The van der Waals surface area contributed by atoms with Crippen LogP contribution >= 0.6 is 128 Å². The van der Waals surface area contributed by atoms with Gasteiger partial charge in [-0.1, -0.05) is 54.5 Å². The molecule has 3 aliphatic rings. The van der Waals surface area contributed by atoms with Gasteiger partial charge in [-0.15, -0.1) is 47.3 Å². The Bertz CT molecular complexity index is 5270. The number of carbonyl (C=O) groups is 3. The number of hydrogen-bond donors (Lipinski definition) is 1. The van der Waals surface area contributed by atoms with Crippen LogP contribution in [0.2, 0.25) is 15.1 Å². The maximum absolute atomic E-state index is 15.9. The molecule has 12 aromatic rings. The van der Waals surface area contributed by atoms with E-state index in [0.717, 1.165) is 63.2 Å². The van der Waals surface area contributed by atoms with Crippen molar-refractivity contribution in [2.75, 3.05) is 94.4 Å². The Labute approximate surface area is 646 Å². The second-order valence-electron chi connectivity index (χ2n) is 23.7. The number of carbonyl (C=O) groups excluding carboxylic acids is 3.